The minimum Gasteiger partial charge on any atom is -0.481 e. The zero-order valence-corrected chi connectivity index (χ0v) is 13.9. The summed E-state index contributed by atoms with van der Waals surface area (Å²) in [7, 11) is 0. The van der Waals surface area contributed by atoms with Gasteiger partial charge in [0.2, 0.25) is 5.91 Å². The Bertz CT molecular complexity index is 832. The van der Waals surface area contributed by atoms with Gasteiger partial charge in [-0.05, 0) is 16.7 Å². The summed E-state index contributed by atoms with van der Waals surface area (Å²) in [4.78, 5) is 22.3. The molecule has 1 unspecified atom stereocenters. The number of amides is 1. The third-order valence-corrected chi connectivity index (χ3v) is 4.58. The number of carboxylic acids is 1. The Balaban J connectivity index is 1.63. The number of benzene rings is 2. The van der Waals surface area contributed by atoms with Crippen molar-refractivity contribution in [2.45, 2.75) is 11.7 Å². The molecule has 25 heavy (non-hydrogen) atoms. The van der Waals surface area contributed by atoms with E-state index < -0.39 is 11.2 Å². The van der Waals surface area contributed by atoms with Crippen LogP contribution in [0.5, 0.6) is 0 Å². The van der Waals surface area contributed by atoms with Gasteiger partial charge in [-0.3, -0.25) is 9.59 Å². The third-order valence-electron chi connectivity index (χ3n) is 3.51. The van der Waals surface area contributed by atoms with Crippen molar-refractivity contribution < 1.29 is 14.7 Å². The van der Waals surface area contributed by atoms with Crippen LogP contribution in [0, 0.1) is 0 Å². The second-order valence-electron chi connectivity index (χ2n) is 5.33. The van der Waals surface area contributed by atoms with E-state index in [0.717, 1.165) is 28.5 Å². The zero-order chi connectivity index (χ0) is 17.6. The van der Waals surface area contributed by atoms with E-state index in [1.165, 1.54) is 0 Å². The molecule has 0 aliphatic carbocycles. The number of carbonyl (C=O) groups is 2. The average molecular weight is 353 g/mol. The monoisotopic (exact) mass is 353 g/mol. The molecule has 6 nitrogen and oxygen atoms in total. The Morgan fingerprint density at radius 2 is 1.80 bits per heavy atom. The van der Waals surface area contributed by atoms with Crippen LogP contribution in [0.15, 0.2) is 64.8 Å². The van der Waals surface area contributed by atoms with Gasteiger partial charge in [-0.15, -0.1) is 5.10 Å². The van der Waals surface area contributed by atoms with Crippen molar-refractivity contribution >= 4 is 35.0 Å². The van der Waals surface area contributed by atoms with Crippen LogP contribution in [0.3, 0.4) is 0 Å². The summed E-state index contributed by atoms with van der Waals surface area (Å²) >= 11 is 1.08. The third kappa shape index (κ3) is 4.54. The molecule has 0 spiro atoms. The molecule has 0 bridgehead atoms. The van der Waals surface area contributed by atoms with Crippen molar-refractivity contribution in [1.29, 1.82) is 0 Å². The highest BCUT2D eigenvalue weighted by molar-refractivity contribution is 8.15. The van der Waals surface area contributed by atoms with Gasteiger partial charge in [0.05, 0.1) is 12.6 Å². The number of carbonyl (C=O) groups excluding carboxylic acids is 1. The summed E-state index contributed by atoms with van der Waals surface area (Å²) in [6, 6.07) is 17.9. The quantitative estimate of drug-likeness (QED) is 0.639. The van der Waals surface area contributed by atoms with Crippen LogP contribution in [-0.2, 0) is 9.59 Å². The molecule has 126 valence electrons. The first kappa shape index (κ1) is 16.9. The minimum atomic E-state index is -1.02. The lowest BCUT2D eigenvalue weighted by molar-refractivity contribution is -0.138. The Morgan fingerprint density at radius 1 is 1.12 bits per heavy atom. The van der Waals surface area contributed by atoms with E-state index in [2.05, 4.69) is 15.5 Å². The maximum Gasteiger partial charge on any atom is 0.305 e. The number of carboxylic acid groups (broad SMARTS) is 1. The Kier molecular flexibility index (Phi) is 5.25. The Labute approximate surface area is 148 Å². The van der Waals surface area contributed by atoms with Gasteiger partial charge in [0.25, 0.3) is 0 Å². The predicted octanol–water partition coefficient (Wildman–Crippen LogP) is 2.75. The molecular formula is C18H15N3O3S. The number of hydrogen-bond donors (Lipinski definition) is 2. The van der Waals surface area contributed by atoms with Gasteiger partial charge in [0, 0.05) is 0 Å². The molecule has 0 aromatic heterocycles. The molecule has 1 saturated heterocycles. The van der Waals surface area contributed by atoms with Gasteiger partial charge < -0.3 is 10.4 Å². The minimum absolute atomic E-state index is 0.236. The lowest BCUT2D eigenvalue weighted by atomic mass is 10.0. The van der Waals surface area contributed by atoms with Crippen LogP contribution in [0.2, 0.25) is 0 Å². The first-order valence-corrected chi connectivity index (χ1v) is 8.45. The van der Waals surface area contributed by atoms with Crippen LogP contribution >= 0.6 is 11.8 Å². The molecule has 2 aromatic carbocycles. The lowest BCUT2D eigenvalue weighted by Gasteiger charge is -2.01. The highest BCUT2D eigenvalue weighted by Crippen LogP contribution is 2.22. The number of amidine groups is 1. The molecule has 3 rings (SSSR count). The average Bonchev–Trinajstić information content (AvgIpc) is 2.95. The summed E-state index contributed by atoms with van der Waals surface area (Å²) in [5, 5.41) is 18.8. The van der Waals surface area contributed by atoms with Crippen LogP contribution in [0.25, 0.3) is 11.1 Å². The summed E-state index contributed by atoms with van der Waals surface area (Å²) < 4.78 is 0. The molecular weight excluding hydrogens is 338 g/mol. The van der Waals surface area contributed by atoms with E-state index in [9.17, 15) is 9.59 Å². The van der Waals surface area contributed by atoms with Crippen LogP contribution in [0.4, 0.5) is 0 Å². The zero-order valence-electron chi connectivity index (χ0n) is 13.1. The number of nitrogens with zero attached hydrogens (tertiary/aromatic N) is 2. The number of thioether (sulfide) groups is 1. The SMILES string of the molecule is O=C(O)CC1SC(=NN=Cc2ccc(-c3ccccc3)cc2)NC1=O. The second-order valence-corrected chi connectivity index (χ2v) is 6.52. The number of rotatable bonds is 5. The van der Waals surface area contributed by atoms with Gasteiger partial charge in [0.1, 0.15) is 5.25 Å². The molecule has 1 fully saturated rings. The first-order valence-electron chi connectivity index (χ1n) is 7.57. The van der Waals surface area contributed by atoms with Gasteiger partial charge >= 0.3 is 5.97 Å². The fourth-order valence-electron chi connectivity index (χ4n) is 2.29. The summed E-state index contributed by atoms with van der Waals surface area (Å²) in [5.74, 6) is -1.37. The Morgan fingerprint density at radius 3 is 2.48 bits per heavy atom. The summed E-state index contributed by atoms with van der Waals surface area (Å²) in [5.41, 5.74) is 3.13. The van der Waals surface area contributed by atoms with Crippen molar-refractivity contribution in [2.24, 2.45) is 10.2 Å². The van der Waals surface area contributed by atoms with E-state index in [4.69, 9.17) is 5.11 Å². The van der Waals surface area contributed by atoms with Crippen LogP contribution in [0.1, 0.15) is 12.0 Å². The van der Waals surface area contributed by atoms with Gasteiger partial charge in [0.15, 0.2) is 5.17 Å². The number of hydrogen-bond acceptors (Lipinski definition) is 5. The lowest BCUT2D eigenvalue weighted by Crippen LogP contribution is -2.26. The topological polar surface area (TPSA) is 91.1 Å². The molecule has 2 aromatic rings. The van der Waals surface area contributed by atoms with Crippen LogP contribution < -0.4 is 5.32 Å². The molecule has 1 aliphatic heterocycles. The molecule has 1 heterocycles. The van der Waals surface area contributed by atoms with Crippen molar-refractivity contribution in [3.8, 4) is 11.1 Å². The van der Waals surface area contributed by atoms with Gasteiger partial charge in [-0.1, -0.05) is 66.4 Å². The fraction of sp³-hybridized carbons (Fsp3) is 0.111. The van der Waals surface area contributed by atoms with E-state index in [1.54, 1.807) is 6.21 Å². The maximum absolute atomic E-state index is 11.6. The van der Waals surface area contributed by atoms with Crippen molar-refractivity contribution in [3.63, 3.8) is 0 Å². The van der Waals surface area contributed by atoms with Crippen LogP contribution in [-0.4, -0.2) is 33.6 Å². The predicted molar refractivity (Wildman–Crippen MR) is 98.7 cm³/mol. The van der Waals surface area contributed by atoms with E-state index in [-0.39, 0.29) is 12.3 Å². The largest absolute Gasteiger partial charge is 0.481 e. The first-order chi connectivity index (χ1) is 12.1. The molecule has 1 aliphatic rings. The highest BCUT2D eigenvalue weighted by atomic mass is 32.2. The Hall–Kier alpha value is -2.93. The van der Waals surface area contributed by atoms with Crippen molar-refractivity contribution in [2.75, 3.05) is 0 Å². The molecule has 7 heteroatoms. The maximum atomic E-state index is 11.6. The molecule has 0 radical (unpaired) electrons. The van der Waals surface area contributed by atoms with Crippen molar-refractivity contribution in [1.82, 2.24) is 5.32 Å². The molecule has 1 atom stereocenters. The molecule has 2 N–H and O–H groups in total. The fourth-order valence-corrected chi connectivity index (χ4v) is 3.20. The normalized spacial score (nSPS) is 18.6. The number of nitrogens with one attached hydrogen (secondary N) is 1. The molecule has 1 amide bonds. The standard InChI is InChI=1S/C18H15N3O3S/c22-16(23)10-15-17(24)20-18(25-15)21-19-11-12-6-8-14(9-7-12)13-4-2-1-3-5-13/h1-9,11,15H,10H2,(H,22,23)(H,20,21,24). The van der Waals surface area contributed by atoms with E-state index in [1.807, 2.05) is 54.6 Å². The summed E-state index contributed by atoms with van der Waals surface area (Å²) in [6.45, 7) is 0. The van der Waals surface area contributed by atoms with E-state index >= 15 is 0 Å². The van der Waals surface area contributed by atoms with Crippen molar-refractivity contribution in [3.05, 3.63) is 60.2 Å². The van der Waals surface area contributed by atoms with Gasteiger partial charge in [-0.25, -0.2) is 0 Å². The van der Waals surface area contributed by atoms with Gasteiger partial charge in [-0.2, -0.15) is 5.10 Å². The second kappa shape index (κ2) is 7.76. The highest BCUT2D eigenvalue weighted by Gasteiger charge is 2.32. The van der Waals surface area contributed by atoms with E-state index in [0.29, 0.717) is 5.17 Å². The molecule has 0 saturated carbocycles. The number of aliphatic carboxylic acids is 1. The summed E-state index contributed by atoms with van der Waals surface area (Å²) in [6.07, 6.45) is 1.35. The smallest absolute Gasteiger partial charge is 0.305 e.